The molecule has 0 unspecified atom stereocenters. The van der Waals surface area contributed by atoms with Gasteiger partial charge in [-0.25, -0.2) is 0 Å². The molecule has 0 aliphatic heterocycles. The highest BCUT2D eigenvalue weighted by Gasteiger charge is 2.10. The van der Waals surface area contributed by atoms with Gasteiger partial charge in [0.2, 0.25) is 0 Å². The Kier molecular flexibility index (Phi) is 4.47. The SMILES string of the molecule is C[C](C)C[C@@H](C)CC(=N)c1ccc(N)cn1. The van der Waals surface area contributed by atoms with Crippen LogP contribution in [-0.4, -0.2) is 10.7 Å². The van der Waals surface area contributed by atoms with Gasteiger partial charge >= 0.3 is 0 Å². The molecule has 0 aliphatic rings. The van der Waals surface area contributed by atoms with E-state index in [0.717, 1.165) is 18.5 Å². The summed E-state index contributed by atoms with van der Waals surface area (Å²) in [5.41, 5.74) is 7.52. The predicted octanol–water partition coefficient (Wildman–Crippen LogP) is 3.06. The Bertz CT molecular complexity index is 341. The van der Waals surface area contributed by atoms with Crippen LogP contribution >= 0.6 is 0 Å². The van der Waals surface area contributed by atoms with Crippen LogP contribution < -0.4 is 5.73 Å². The molecule has 0 fully saturated rings. The second kappa shape index (κ2) is 5.64. The van der Waals surface area contributed by atoms with Crippen LogP contribution in [0.4, 0.5) is 5.69 Å². The molecule has 1 rings (SSSR count). The summed E-state index contributed by atoms with van der Waals surface area (Å²) in [4.78, 5) is 4.15. The Balaban J connectivity index is 2.55. The van der Waals surface area contributed by atoms with E-state index >= 15 is 0 Å². The molecule has 3 nitrogen and oxygen atoms in total. The molecule has 0 saturated carbocycles. The zero-order chi connectivity index (χ0) is 12.1. The molecule has 1 aromatic heterocycles. The molecule has 0 amide bonds. The average Bonchev–Trinajstić information content (AvgIpc) is 2.16. The third-order valence-electron chi connectivity index (χ3n) is 2.40. The second-order valence-electron chi connectivity index (χ2n) is 4.68. The summed E-state index contributed by atoms with van der Waals surface area (Å²) in [5.74, 6) is 1.91. The zero-order valence-corrected chi connectivity index (χ0v) is 10.2. The van der Waals surface area contributed by atoms with Crippen LogP contribution in [0.15, 0.2) is 18.3 Å². The Morgan fingerprint density at radius 1 is 1.38 bits per heavy atom. The van der Waals surface area contributed by atoms with E-state index in [-0.39, 0.29) is 0 Å². The zero-order valence-electron chi connectivity index (χ0n) is 10.2. The van der Waals surface area contributed by atoms with Gasteiger partial charge in [0, 0.05) is 0 Å². The number of aromatic nitrogens is 1. The van der Waals surface area contributed by atoms with E-state index in [2.05, 4.69) is 25.8 Å². The number of nitrogens with zero attached hydrogens (tertiary/aromatic N) is 1. The van der Waals surface area contributed by atoms with Gasteiger partial charge < -0.3 is 11.1 Å². The number of pyridine rings is 1. The predicted molar refractivity (Wildman–Crippen MR) is 68.5 cm³/mol. The van der Waals surface area contributed by atoms with Crippen molar-refractivity contribution in [2.24, 2.45) is 5.92 Å². The summed E-state index contributed by atoms with van der Waals surface area (Å²) in [7, 11) is 0. The van der Waals surface area contributed by atoms with Gasteiger partial charge in [0.25, 0.3) is 0 Å². The molecule has 1 heterocycles. The summed E-state index contributed by atoms with van der Waals surface area (Å²) in [6.45, 7) is 6.42. The largest absolute Gasteiger partial charge is 0.397 e. The number of hydrogen-bond donors (Lipinski definition) is 2. The first-order valence-corrected chi connectivity index (χ1v) is 5.57. The van der Waals surface area contributed by atoms with Crippen LogP contribution in [0.3, 0.4) is 0 Å². The number of nitrogen functional groups attached to an aromatic ring is 1. The van der Waals surface area contributed by atoms with Crippen LogP contribution in [-0.2, 0) is 0 Å². The van der Waals surface area contributed by atoms with Gasteiger partial charge in [-0.3, -0.25) is 4.98 Å². The number of anilines is 1. The van der Waals surface area contributed by atoms with E-state index in [1.807, 2.05) is 6.07 Å². The monoisotopic (exact) mass is 218 g/mol. The Morgan fingerprint density at radius 2 is 2.06 bits per heavy atom. The Morgan fingerprint density at radius 3 is 2.56 bits per heavy atom. The normalized spacial score (nSPS) is 12.8. The molecule has 1 aromatic rings. The van der Waals surface area contributed by atoms with Crippen LogP contribution in [0.2, 0.25) is 0 Å². The molecule has 87 valence electrons. The smallest absolute Gasteiger partial charge is 0.0838 e. The van der Waals surface area contributed by atoms with Crippen molar-refractivity contribution >= 4 is 11.4 Å². The highest BCUT2D eigenvalue weighted by Crippen LogP contribution is 2.18. The lowest BCUT2D eigenvalue weighted by molar-refractivity contribution is 0.565. The lowest BCUT2D eigenvalue weighted by Gasteiger charge is -2.13. The lowest BCUT2D eigenvalue weighted by Crippen LogP contribution is -2.09. The number of hydrogen-bond acceptors (Lipinski definition) is 3. The molecular weight excluding hydrogens is 198 g/mol. The first-order chi connectivity index (χ1) is 7.49. The van der Waals surface area contributed by atoms with Gasteiger partial charge in [0.15, 0.2) is 0 Å². The van der Waals surface area contributed by atoms with E-state index in [0.29, 0.717) is 17.3 Å². The maximum Gasteiger partial charge on any atom is 0.0838 e. The summed E-state index contributed by atoms with van der Waals surface area (Å²) in [6.07, 6.45) is 3.44. The van der Waals surface area contributed by atoms with Crippen molar-refractivity contribution in [1.82, 2.24) is 4.98 Å². The fraction of sp³-hybridized carbons (Fsp3) is 0.462. The molecule has 0 spiro atoms. The number of nitrogens with two attached hydrogens (primary N) is 1. The minimum Gasteiger partial charge on any atom is -0.397 e. The lowest BCUT2D eigenvalue weighted by atomic mass is 9.93. The molecule has 3 heteroatoms. The highest BCUT2D eigenvalue weighted by atomic mass is 14.7. The fourth-order valence-corrected chi connectivity index (χ4v) is 1.81. The van der Waals surface area contributed by atoms with Crippen molar-refractivity contribution in [3.8, 4) is 0 Å². The first-order valence-electron chi connectivity index (χ1n) is 5.57. The van der Waals surface area contributed by atoms with Crippen molar-refractivity contribution in [3.63, 3.8) is 0 Å². The van der Waals surface area contributed by atoms with Gasteiger partial charge in [0.1, 0.15) is 0 Å². The molecule has 0 saturated heterocycles. The first kappa shape index (κ1) is 12.7. The third-order valence-corrected chi connectivity index (χ3v) is 2.40. The highest BCUT2D eigenvalue weighted by molar-refractivity contribution is 5.96. The molecule has 1 radical (unpaired) electrons. The topological polar surface area (TPSA) is 62.8 Å². The Hall–Kier alpha value is -1.38. The summed E-state index contributed by atoms with van der Waals surface area (Å²) in [5, 5.41) is 7.96. The maximum absolute atomic E-state index is 7.96. The number of rotatable bonds is 5. The van der Waals surface area contributed by atoms with Gasteiger partial charge in [-0.15, -0.1) is 0 Å². The summed E-state index contributed by atoms with van der Waals surface area (Å²) in [6, 6.07) is 3.60. The van der Waals surface area contributed by atoms with Gasteiger partial charge in [-0.1, -0.05) is 20.8 Å². The van der Waals surface area contributed by atoms with Gasteiger partial charge in [-0.2, -0.15) is 0 Å². The van der Waals surface area contributed by atoms with Crippen LogP contribution in [0, 0.1) is 17.2 Å². The third kappa shape index (κ3) is 4.01. The summed E-state index contributed by atoms with van der Waals surface area (Å²) >= 11 is 0. The van der Waals surface area contributed by atoms with E-state index in [1.165, 1.54) is 5.92 Å². The average molecular weight is 218 g/mol. The van der Waals surface area contributed by atoms with Gasteiger partial charge in [-0.05, 0) is 36.8 Å². The van der Waals surface area contributed by atoms with E-state index in [9.17, 15) is 0 Å². The van der Waals surface area contributed by atoms with Crippen LogP contribution in [0.5, 0.6) is 0 Å². The van der Waals surface area contributed by atoms with Crippen LogP contribution in [0.1, 0.15) is 39.3 Å². The standard InChI is InChI=1S/C13H20N3/c1-9(2)6-10(3)7-12(15)13-5-4-11(14)8-16-13/h4-5,8,10,15H,6-7,14H2,1-3H3/t10-/m1/s1. The molecule has 0 aliphatic carbocycles. The minimum atomic E-state index is 0.497. The summed E-state index contributed by atoms with van der Waals surface area (Å²) < 4.78 is 0. The minimum absolute atomic E-state index is 0.497. The van der Waals surface area contributed by atoms with Gasteiger partial charge in [0.05, 0.1) is 23.3 Å². The van der Waals surface area contributed by atoms with Crippen molar-refractivity contribution in [2.75, 3.05) is 5.73 Å². The Labute approximate surface area is 97.6 Å². The van der Waals surface area contributed by atoms with Crippen molar-refractivity contribution in [1.29, 1.82) is 5.41 Å². The van der Waals surface area contributed by atoms with Crippen molar-refractivity contribution in [2.45, 2.75) is 33.6 Å². The number of nitrogens with one attached hydrogen (secondary N) is 1. The van der Waals surface area contributed by atoms with Crippen molar-refractivity contribution in [3.05, 3.63) is 29.9 Å². The molecule has 1 atom stereocenters. The second-order valence-corrected chi connectivity index (χ2v) is 4.68. The molecule has 0 aromatic carbocycles. The van der Waals surface area contributed by atoms with E-state index in [4.69, 9.17) is 11.1 Å². The molecule has 3 N–H and O–H groups in total. The van der Waals surface area contributed by atoms with E-state index in [1.54, 1.807) is 12.3 Å². The molecule has 0 bridgehead atoms. The maximum atomic E-state index is 7.96. The van der Waals surface area contributed by atoms with Crippen LogP contribution in [0.25, 0.3) is 0 Å². The molecule has 16 heavy (non-hydrogen) atoms. The van der Waals surface area contributed by atoms with Crippen molar-refractivity contribution < 1.29 is 0 Å². The fourth-order valence-electron chi connectivity index (χ4n) is 1.81. The van der Waals surface area contributed by atoms with E-state index < -0.39 is 0 Å². The quantitative estimate of drug-likeness (QED) is 0.746. The molecular formula is C13H20N3.